The third-order valence-corrected chi connectivity index (χ3v) is 4.69. The number of aryl methyl sites for hydroxylation is 2. The van der Waals surface area contributed by atoms with Crippen molar-refractivity contribution in [2.45, 2.75) is 45.8 Å². The molecule has 1 aliphatic heterocycles. The molecule has 1 heterocycles. The molecule has 0 unspecified atom stereocenters. The van der Waals surface area contributed by atoms with Crippen molar-refractivity contribution in [2.24, 2.45) is 0 Å². The monoisotopic (exact) mass is 336 g/mol. The fourth-order valence-electron chi connectivity index (χ4n) is 3.11. The molecular formula is C21H24N2O2. The first-order chi connectivity index (χ1) is 12.0. The van der Waals surface area contributed by atoms with Crippen LogP contribution in [0.4, 0.5) is 0 Å². The second-order valence-electron chi connectivity index (χ2n) is 6.77. The second kappa shape index (κ2) is 7.51. The molecule has 2 aromatic carbocycles. The van der Waals surface area contributed by atoms with E-state index in [-0.39, 0.29) is 17.9 Å². The zero-order valence-corrected chi connectivity index (χ0v) is 14.8. The highest BCUT2D eigenvalue weighted by Gasteiger charge is 2.35. The average molecular weight is 336 g/mol. The van der Waals surface area contributed by atoms with Crippen LogP contribution < -0.4 is 5.32 Å². The molecule has 0 radical (unpaired) electrons. The molecule has 0 spiro atoms. The Hall–Kier alpha value is -2.62. The first-order valence-electron chi connectivity index (χ1n) is 8.71. The number of carbonyl (C=O) groups is 2. The molecule has 1 atom stereocenters. The molecule has 1 aliphatic rings. The molecule has 130 valence electrons. The first kappa shape index (κ1) is 17.2. The van der Waals surface area contributed by atoms with Gasteiger partial charge in [-0.2, -0.15) is 0 Å². The van der Waals surface area contributed by atoms with Gasteiger partial charge in [0.15, 0.2) is 0 Å². The van der Waals surface area contributed by atoms with E-state index < -0.39 is 0 Å². The maximum atomic E-state index is 12.6. The van der Waals surface area contributed by atoms with E-state index in [4.69, 9.17) is 0 Å². The van der Waals surface area contributed by atoms with Gasteiger partial charge < -0.3 is 10.2 Å². The summed E-state index contributed by atoms with van der Waals surface area (Å²) in [7, 11) is 0. The van der Waals surface area contributed by atoms with E-state index in [1.807, 2.05) is 62.4 Å². The van der Waals surface area contributed by atoms with Gasteiger partial charge in [-0.05, 0) is 31.4 Å². The van der Waals surface area contributed by atoms with Crippen molar-refractivity contribution in [1.29, 1.82) is 0 Å². The summed E-state index contributed by atoms with van der Waals surface area (Å²) in [6, 6.07) is 15.8. The lowest BCUT2D eigenvalue weighted by Crippen LogP contribution is -2.44. The van der Waals surface area contributed by atoms with Crippen molar-refractivity contribution in [3.05, 3.63) is 70.8 Å². The number of rotatable bonds is 5. The van der Waals surface area contributed by atoms with Crippen LogP contribution in [0.15, 0.2) is 48.5 Å². The Labute approximate surface area is 148 Å². The SMILES string of the molecule is Cc1ccc(CNC(=O)[C@@H]2CCC(=O)N2Cc2ccc(C)cc2)cc1. The number of benzene rings is 2. The highest BCUT2D eigenvalue weighted by Crippen LogP contribution is 2.22. The summed E-state index contributed by atoms with van der Waals surface area (Å²) in [5.41, 5.74) is 4.50. The van der Waals surface area contributed by atoms with Gasteiger partial charge >= 0.3 is 0 Å². The smallest absolute Gasteiger partial charge is 0.243 e. The fraction of sp³-hybridized carbons (Fsp3) is 0.333. The molecule has 0 aliphatic carbocycles. The Morgan fingerprint density at radius 2 is 1.56 bits per heavy atom. The van der Waals surface area contributed by atoms with E-state index in [1.54, 1.807) is 4.90 Å². The maximum absolute atomic E-state index is 12.6. The lowest BCUT2D eigenvalue weighted by atomic mass is 10.1. The van der Waals surface area contributed by atoms with Crippen molar-refractivity contribution in [2.75, 3.05) is 0 Å². The molecule has 2 amide bonds. The van der Waals surface area contributed by atoms with Crippen LogP contribution in [0.25, 0.3) is 0 Å². The summed E-state index contributed by atoms with van der Waals surface area (Å²) in [5, 5.41) is 2.97. The molecule has 25 heavy (non-hydrogen) atoms. The Bertz CT molecular complexity index is 750. The van der Waals surface area contributed by atoms with Crippen LogP contribution in [-0.4, -0.2) is 22.8 Å². The van der Waals surface area contributed by atoms with Gasteiger partial charge in [0.25, 0.3) is 0 Å². The van der Waals surface area contributed by atoms with Crippen LogP contribution in [-0.2, 0) is 22.7 Å². The van der Waals surface area contributed by atoms with Gasteiger partial charge in [0.05, 0.1) is 0 Å². The van der Waals surface area contributed by atoms with Gasteiger partial charge in [-0.15, -0.1) is 0 Å². The lowest BCUT2D eigenvalue weighted by molar-refractivity contribution is -0.135. The largest absolute Gasteiger partial charge is 0.350 e. The Morgan fingerprint density at radius 1 is 1.00 bits per heavy atom. The highest BCUT2D eigenvalue weighted by atomic mass is 16.2. The quantitative estimate of drug-likeness (QED) is 0.912. The zero-order valence-electron chi connectivity index (χ0n) is 14.8. The van der Waals surface area contributed by atoms with Crippen LogP contribution in [0.2, 0.25) is 0 Å². The number of hydrogen-bond donors (Lipinski definition) is 1. The summed E-state index contributed by atoms with van der Waals surface area (Å²) >= 11 is 0. The van der Waals surface area contributed by atoms with Gasteiger partial charge in [-0.25, -0.2) is 0 Å². The van der Waals surface area contributed by atoms with Crippen molar-refractivity contribution in [3.63, 3.8) is 0 Å². The standard InChI is InChI=1S/C21H24N2O2/c1-15-3-7-17(8-4-15)13-22-21(25)19-11-12-20(24)23(19)14-18-9-5-16(2)6-10-18/h3-10,19H,11-14H2,1-2H3,(H,22,25)/t19-/m0/s1. The molecule has 1 fully saturated rings. The number of hydrogen-bond acceptors (Lipinski definition) is 2. The van der Waals surface area contributed by atoms with Crippen molar-refractivity contribution in [3.8, 4) is 0 Å². The minimum atomic E-state index is -0.376. The maximum Gasteiger partial charge on any atom is 0.243 e. The number of amides is 2. The van der Waals surface area contributed by atoms with Gasteiger partial charge in [-0.1, -0.05) is 59.7 Å². The molecule has 4 heteroatoms. The summed E-state index contributed by atoms with van der Waals surface area (Å²) < 4.78 is 0. The first-order valence-corrected chi connectivity index (χ1v) is 8.71. The van der Waals surface area contributed by atoms with E-state index in [0.717, 1.165) is 11.1 Å². The minimum absolute atomic E-state index is 0.0519. The Morgan fingerprint density at radius 3 is 2.16 bits per heavy atom. The molecule has 4 nitrogen and oxygen atoms in total. The summed E-state index contributed by atoms with van der Waals surface area (Å²) in [5.74, 6) is -0.0189. The van der Waals surface area contributed by atoms with Crippen LogP contribution in [0.3, 0.4) is 0 Å². The molecule has 0 aromatic heterocycles. The van der Waals surface area contributed by atoms with Gasteiger partial charge in [0.2, 0.25) is 11.8 Å². The molecule has 2 aromatic rings. The topological polar surface area (TPSA) is 49.4 Å². The van der Waals surface area contributed by atoms with E-state index in [1.165, 1.54) is 11.1 Å². The second-order valence-corrected chi connectivity index (χ2v) is 6.77. The Kier molecular flexibility index (Phi) is 5.17. The average Bonchev–Trinajstić information content (AvgIpc) is 2.97. The minimum Gasteiger partial charge on any atom is -0.350 e. The highest BCUT2D eigenvalue weighted by molar-refractivity contribution is 5.90. The normalized spacial score (nSPS) is 17.0. The molecule has 0 bridgehead atoms. The number of carbonyl (C=O) groups excluding carboxylic acids is 2. The van der Waals surface area contributed by atoms with E-state index in [0.29, 0.717) is 25.9 Å². The molecule has 3 rings (SSSR count). The van der Waals surface area contributed by atoms with Gasteiger partial charge in [0, 0.05) is 19.5 Å². The van der Waals surface area contributed by atoms with Gasteiger partial charge in [0.1, 0.15) is 6.04 Å². The van der Waals surface area contributed by atoms with Crippen molar-refractivity contribution in [1.82, 2.24) is 10.2 Å². The molecular weight excluding hydrogens is 312 g/mol. The third kappa shape index (κ3) is 4.27. The number of likely N-dealkylation sites (tertiary alicyclic amines) is 1. The number of nitrogens with one attached hydrogen (secondary N) is 1. The fourth-order valence-corrected chi connectivity index (χ4v) is 3.11. The van der Waals surface area contributed by atoms with Crippen molar-refractivity contribution < 1.29 is 9.59 Å². The predicted molar refractivity (Wildman–Crippen MR) is 97.8 cm³/mol. The predicted octanol–water partition coefficient (Wildman–Crippen LogP) is 3.11. The van der Waals surface area contributed by atoms with E-state index in [9.17, 15) is 9.59 Å². The van der Waals surface area contributed by atoms with Crippen LogP contribution in [0, 0.1) is 13.8 Å². The van der Waals surface area contributed by atoms with Crippen molar-refractivity contribution >= 4 is 11.8 Å². The van der Waals surface area contributed by atoms with Crippen LogP contribution in [0.5, 0.6) is 0 Å². The van der Waals surface area contributed by atoms with Crippen LogP contribution in [0.1, 0.15) is 35.1 Å². The Balaban J connectivity index is 1.62. The molecule has 1 N–H and O–H groups in total. The third-order valence-electron chi connectivity index (χ3n) is 4.69. The van der Waals surface area contributed by atoms with Gasteiger partial charge in [-0.3, -0.25) is 9.59 Å². The molecule has 1 saturated heterocycles. The van der Waals surface area contributed by atoms with Crippen LogP contribution >= 0.6 is 0 Å². The lowest BCUT2D eigenvalue weighted by Gasteiger charge is -2.24. The molecule has 0 saturated carbocycles. The van der Waals surface area contributed by atoms with E-state index in [2.05, 4.69) is 5.32 Å². The van der Waals surface area contributed by atoms with E-state index >= 15 is 0 Å². The summed E-state index contributed by atoms with van der Waals surface area (Å²) in [6.45, 7) is 5.05. The zero-order chi connectivity index (χ0) is 17.8. The summed E-state index contributed by atoms with van der Waals surface area (Å²) in [6.07, 6.45) is 1.03. The number of nitrogens with zero attached hydrogens (tertiary/aromatic N) is 1. The summed E-state index contributed by atoms with van der Waals surface area (Å²) in [4.78, 5) is 26.5.